The van der Waals surface area contributed by atoms with Gasteiger partial charge < -0.3 is 5.73 Å². The number of rotatable bonds is 2. The fraction of sp³-hybridized carbons (Fsp3) is 0.667. The first-order chi connectivity index (χ1) is 6.68. The summed E-state index contributed by atoms with van der Waals surface area (Å²) in [7, 11) is 0. The summed E-state index contributed by atoms with van der Waals surface area (Å²) < 4.78 is 0. The van der Waals surface area contributed by atoms with Gasteiger partial charge in [-0.1, -0.05) is 13.3 Å². The van der Waals surface area contributed by atoms with Crippen molar-refractivity contribution >= 4 is 11.3 Å². The van der Waals surface area contributed by atoms with E-state index in [0.717, 1.165) is 11.8 Å². The molecule has 1 saturated carbocycles. The topological polar surface area (TPSA) is 26.0 Å². The molecule has 3 unspecified atom stereocenters. The average Bonchev–Trinajstić information content (AvgIpc) is 2.73. The highest BCUT2D eigenvalue weighted by Crippen LogP contribution is 2.39. The van der Waals surface area contributed by atoms with Crippen molar-refractivity contribution in [3.63, 3.8) is 0 Å². The monoisotopic (exact) mass is 209 g/mol. The molecule has 0 saturated heterocycles. The molecule has 14 heavy (non-hydrogen) atoms. The van der Waals surface area contributed by atoms with Gasteiger partial charge in [0, 0.05) is 10.9 Å². The van der Waals surface area contributed by atoms with E-state index in [9.17, 15) is 0 Å². The van der Waals surface area contributed by atoms with Crippen molar-refractivity contribution in [1.29, 1.82) is 0 Å². The molecule has 1 aromatic rings. The lowest BCUT2D eigenvalue weighted by Crippen LogP contribution is -2.19. The molecule has 0 spiro atoms. The molecule has 1 fully saturated rings. The third-order valence-electron chi connectivity index (χ3n) is 3.50. The van der Waals surface area contributed by atoms with Crippen molar-refractivity contribution in [2.45, 2.75) is 39.2 Å². The van der Waals surface area contributed by atoms with Crippen molar-refractivity contribution in [2.24, 2.45) is 17.6 Å². The van der Waals surface area contributed by atoms with Crippen LogP contribution in [0.4, 0.5) is 0 Å². The first-order valence-electron chi connectivity index (χ1n) is 5.48. The minimum atomic E-state index is 0.284. The molecular weight excluding hydrogens is 190 g/mol. The zero-order valence-corrected chi connectivity index (χ0v) is 9.81. The first-order valence-corrected chi connectivity index (χ1v) is 6.36. The van der Waals surface area contributed by atoms with Crippen LogP contribution in [0, 0.1) is 18.8 Å². The van der Waals surface area contributed by atoms with Gasteiger partial charge in [0.05, 0.1) is 0 Å². The lowest BCUT2D eigenvalue weighted by atomic mass is 9.92. The molecule has 1 nitrogen and oxygen atoms in total. The Morgan fingerprint density at radius 3 is 2.79 bits per heavy atom. The predicted molar refractivity (Wildman–Crippen MR) is 62.5 cm³/mol. The summed E-state index contributed by atoms with van der Waals surface area (Å²) in [6.07, 6.45) is 4.00. The summed E-state index contributed by atoms with van der Waals surface area (Å²) in [6.45, 7) is 4.52. The molecular formula is C12H19NS. The lowest BCUT2D eigenvalue weighted by molar-refractivity contribution is 0.428. The number of hydrogen-bond acceptors (Lipinski definition) is 2. The maximum absolute atomic E-state index is 6.31. The summed E-state index contributed by atoms with van der Waals surface area (Å²) in [4.78, 5) is 1.40. The number of aryl methyl sites for hydroxylation is 1. The zero-order chi connectivity index (χ0) is 10.1. The number of thiophene rings is 1. The molecule has 0 amide bonds. The minimum absolute atomic E-state index is 0.284. The largest absolute Gasteiger partial charge is 0.324 e. The molecule has 1 aliphatic carbocycles. The molecule has 2 rings (SSSR count). The summed E-state index contributed by atoms with van der Waals surface area (Å²) in [5, 5.41) is 2.16. The molecule has 0 bridgehead atoms. The van der Waals surface area contributed by atoms with Crippen LogP contribution in [0.1, 0.15) is 42.7 Å². The third kappa shape index (κ3) is 1.86. The van der Waals surface area contributed by atoms with E-state index < -0.39 is 0 Å². The van der Waals surface area contributed by atoms with Crippen molar-refractivity contribution < 1.29 is 0 Å². The summed E-state index contributed by atoms with van der Waals surface area (Å²) in [5.41, 5.74) is 7.70. The van der Waals surface area contributed by atoms with Crippen LogP contribution in [-0.4, -0.2) is 0 Å². The van der Waals surface area contributed by atoms with E-state index in [0.29, 0.717) is 0 Å². The summed E-state index contributed by atoms with van der Waals surface area (Å²) >= 11 is 1.81. The van der Waals surface area contributed by atoms with E-state index in [1.54, 1.807) is 0 Å². The first kappa shape index (κ1) is 10.2. The van der Waals surface area contributed by atoms with Gasteiger partial charge in [0.25, 0.3) is 0 Å². The van der Waals surface area contributed by atoms with Crippen LogP contribution in [0.25, 0.3) is 0 Å². The molecule has 2 heteroatoms. The number of nitrogens with two attached hydrogens (primary N) is 1. The summed E-state index contributed by atoms with van der Waals surface area (Å²) in [6, 6.07) is 2.49. The SMILES string of the molecule is Cc1sccc1C(N)C1CCC(C)C1. The maximum atomic E-state index is 6.31. The lowest BCUT2D eigenvalue weighted by Gasteiger charge is -2.19. The van der Waals surface area contributed by atoms with Crippen molar-refractivity contribution in [3.05, 3.63) is 21.9 Å². The van der Waals surface area contributed by atoms with Gasteiger partial charge in [-0.05, 0) is 48.6 Å². The average molecular weight is 209 g/mol. The van der Waals surface area contributed by atoms with E-state index in [4.69, 9.17) is 5.73 Å². The quantitative estimate of drug-likeness (QED) is 0.792. The van der Waals surface area contributed by atoms with Gasteiger partial charge in [0.15, 0.2) is 0 Å². The Labute approximate surface area is 90.3 Å². The summed E-state index contributed by atoms with van der Waals surface area (Å²) in [5.74, 6) is 1.60. The Bertz CT molecular complexity index is 305. The molecule has 0 aromatic carbocycles. The Balaban J connectivity index is 2.09. The van der Waals surface area contributed by atoms with Gasteiger partial charge in [0.1, 0.15) is 0 Å². The highest BCUT2D eigenvalue weighted by atomic mass is 32.1. The van der Waals surface area contributed by atoms with Crippen LogP contribution in [-0.2, 0) is 0 Å². The second-order valence-electron chi connectivity index (χ2n) is 4.64. The normalized spacial score (nSPS) is 29.4. The van der Waals surface area contributed by atoms with Crippen molar-refractivity contribution in [1.82, 2.24) is 0 Å². The van der Waals surface area contributed by atoms with Gasteiger partial charge >= 0.3 is 0 Å². The standard InChI is InChI=1S/C12H19NS/c1-8-3-4-10(7-8)12(13)11-5-6-14-9(11)2/h5-6,8,10,12H,3-4,7,13H2,1-2H3. The smallest absolute Gasteiger partial charge is 0.0334 e. The Kier molecular flexibility index (Phi) is 2.93. The molecule has 2 N–H and O–H groups in total. The van der Waals surface area contributed by atoms with E-state index in [2.05, 4.69) is 25.3 Å². The van der Waals surface area contributed by atoms with Crippen LogP contribution in [0.15, 0.2) is 11.4 Å². The fourth-order valence-corrected chi connectivity index (χ4v) is 3.33. The second kappa shape index (κ2) is 4.03. The van der Waals surface area contributed by atoms with E-state index in [-0.39, 0.29) is 6.04 Å². The Morgan fingerprint density at radius 2 is 2.29 bits per heavy atom. The molecule has 3 atom stereocenters. The molecule has 78 valence electrons. The predicted octanol–water partition coefficient (Wildman–Crippen LogP) is 3.49. The van der Waals surface area contributed by atoms with Crippen LogP contribution < -0.4 is 5.73 Å². The molecule has 0 aliphatic heterocycles. The Morgan fingerprint density at radius 1 is 1.50 bits per heavy atom. The molecule has 0 radical (unpaired) electrons. The van der Waals surface area contributed by atoms with Crippen LogP contribution in [0.2, 0.25) is 0 Å². The highest BCUT2D eigenvalue weighted by molar-refractivity contribution is 7.10. The van der Waals surface area contributed by atoms with E-state index in [1.165, 1.54) is 29.7 Å². The van der Waals surface area contributed by atoms with Gasteiger partial charge in [-0.2, -0.15) is 0 Å². The molecule has 1 aliphatic rings. The zero-order valence-electron chi connectivity index (χ0n) is 8.99. The van der Waals surface area contributed by atoms with E-state index >= 15 is 0 Å². The molecule has 1 heterocycles. The number of hydrogen-bond donors (Lipinski definition) is 1. The fourth-order valence-electron chi connectivity index (χ4n) is 2.57. The maximum Gasteiger partial charge on any atom is 0.0334 e. The van der Waals surface area contributed by atoms with Gasteiger partial charge in [0.2, 0.25) is 0 Å². The van der Waals surface area contributed by atoms with Gasteiger partial charge in [-0.3, -0.25) is 0 Å². The van der Waals surface area contributed by atoms with Crippen LogP contribution in [0.3, 0.4) is 0 Å². The van der Waals surface area contributed by atoms with Crippen molar-refractivity contribution in [3.8, 4) is 0 Å². The van der Waals surface area contributed by atoms with Gasteiger partial charge in [-0.15, -0.1) is 11.3 Å². The Hall–Kier alpha value is -0.340. The molecule has 1 aromatic heterocycles. The highest BCUT2D eigenvalue weighted by Gasteiger charge is 2.28. The van der Waals surface area contributed by atoms with Crippen molar-refractivity contribution in [2.75, 3.05) is 0 Å². The van der Waals surface area contributed by atoms with Gasteiger partial charge in [-0.25, -0.2) is 0 Å². The second-order valence-corrected chi connectivity index (χ2v) is 5.76. The van der Waals surface area contributed by atoms with Crippen LogP contribution in [0.5, 0.6) is 0 Å². The van der Waals surface area contributed by atoms with E-state index in [1.807, 2.05) is 11.3 Å². The third-order valence-corrected chi connectivity index (χ3v) is 4.36. The minimum Gasteiger partial charge on any atom is -0.324 e. The van der Waals surface area contributed by atoms with Crippen LogP contribution >= 0.6 is 11.3 Å².